The molecule has 1 N–H and O–H groups in total. The van der Waals surface area contributed by atoms with E-state index in [2.05, 4.69) is 11.4 Å². The Kier molecular flexibility index (Phi) is 7.14. The van der Waals surface area contributed by atoms with Crippen molar-refractivity contribution in [1.82, 2.24) is 5.32 Å². The first-order chi connectivity index (χ1) is 16.3. The molecule has 3 aromatic rings. The van der Waals surface area contributed by atoms with Crippen LogP contribution in [0.15, 0.2) is 71.6 Å². The maximum absolute atomic E-state index is 13.8. The molecule has 1 aliphatic rings. The first-order valence-electron chi connectivity index (χ1n) is 11.1. The Balaban J connectivity index is 1.67. The number of amides is 1. The van der Waals surface area contributed by atoms with Crippen molar-refractivity contribution in [2.24, 2.45) is 0 Å². The van der Waals surface area contributed by atoms with Crippen LogP contribution in [0.2, 0.25) is 5.02 Å². The van der Waals surface area contributed by atoms with E-state index >= 15 is 0 Å². The standard InChI is InChI=1S/C26H27ClN2O4S/c1-18-10-15-24(33-2)25(16-18)34(31,32)29(21-13-11-20(27)12-14-21)17-26(30)28-23-9-5-7-19-6-3-4-8-22(19)23/h3-4,6,8,10-16,23H,5,7,9,17H2,1-2H3,(H,28,30). The van der Waals surface area contributed by atoms with E-state index in [-0.39, 0.29) is 29.1 Å². The Labute approximate surface area is 205 Å². The minimum atomic E-state index is -4.12. The predicted octanol–water partition coefficient (Wildman–Crippen LogP) is 5.05. The molecule has 34 heavy (non-hydrogen) atoms. The van der Waals surface area contributed by atoms with Crippen LogP contribution in [0, 0.1) is 6.92 Å². The van der Waals surface area contributed by atoms with Gasteiger partial charge in [0, 0.05) is 5.02 Å². The Morgan fingerprint density at radius 2 is 1.85 bits per heavy atom. The molecule has 1 amide bonds. The molecule has 4 rings (SSSR count). The number of carbonyl (C=O) groups excluding carboxylic acids is 1. The van der Waals surface area contributed by atoms with E-state index in [4.69, 9.17) is 16.3 Å². The maximum Gasteiger partial charge on any atom is 0.268 e. The highest BCUT2D eigenvalue weighted by atomic mass is 35.5. The summed E-state index contributed by atoms with van der Waals surface area (Å²) in [4.78, 5) is 13.2. The lowest BCUT2D eigenvalue weighted by atomic mass is 9.88. The second-order valence-corrected chi connectivity index (χ2v) is 10.6. The second-order valence-electron chi connectivity index (χ2n) is 8.35. The normalized spacial score (nSPS) is 15.3. The number of aryl methyl sites for hydroxylation is 2. The van der Waals surface area contributed by atoms with Crippen molar-refractivity contribution in [2.75, 3.05) is 18.0 Å². The van der Waals surface area contributed by atoms with E-state index in [1.165, 1.54) is 12.7 Å². The molecular weight excluding hydrogens is 472 g/mol. The first kappa shape index (κ1) is 24.1. The van der Waals surface area contributed by atoms with Crippen LogP contribution in [-0.4, -0.2) is 28.0 Å². The van der Waals surface area contributed by atoms with E-state index in [0.717, 1.165) is 34.7 Å². The Morgan fingerprint density at radius 3 is 2.59 bits per heavy atom. The Hall–Kier alpha value is -3.03. The monoisotopic (exact) mass is 498 g/mol. The number of ether oxygens (including phenoxy) is 1. The van der Waals surface area contributed by atoms with Crippen LogP contribution in [0.4, 0.5) is 5.69 Å². The van der Waals surface area contributed by atoms with Crippen LogP contribution < -0.4 is 14.4 Å². The fourth-order valence-electron chi connectivity index (χ4n) is 4.30. The molecule has 0 radical (unpaired) electrons. The van der Waals surface area contributed by atoms with E-state index in [1.807, 2.05) is 18.2 Å². The molecule has 1 atom stereocenters. The van der Waals surface area contributed by atoms with Crippen molar-refractivity contribution < 1.29 is 17.9 Å². The SMILES string of the molecule is COc1ccc(C)cc1S(=O)(=O)N(CC(=O)NC1CCCc2ccccc21)c1ccc(Cl)cc1. The van der Waals surface area contributed by atoms with Crippen molar-refractivity contribution in [3.8, 4) is 5.75 Å². The van der Waals surface area contributed by atoms with Crippen LogP contribution in [0.5, 0.6) is 5.75 Å². The number of carbonyl (C=O) groups is 1. The number of nitrogens with one attached hydrogen (secondary N) is 1. The molecule has 178 valence electrons. The minimum absolute atomic E-state index is 0.000706. The average molecular weight is 499 g/mol. The van der Waals surface area contributed by atoms with E-state index < -0.39 is 10.0 Å². The van der Waals surface area contributed by atoms with Crippen LogP contribution in [0.3, 0.4) is 0 Å². The molecule has 0 saturated carbocycles. The van der Waals surface area contributed by atoms with Gasteiger partial charge in [-0.3, -0.25) is 9.10 Å². The topological polar surface area (TPSA) is 75.7 Å². The number of halogens is 1. The van der Waals surface area contributed by atoms with Gasteiger partial charge in [-0.15, -0.1) is 0 Å². The number of hydrogen-bond donors (Lipinski definition) is 1. The van der Waals surface area contributed by atoms with E-state index in [9.17, 15) is 13.2 Å². The summed E-state index contributed by atoms with van der Waals surface area (Å²) in [5.74, 6) is -0.168. The highest BCUT2D eigenvalue weighted by Crippen LogP contribution is 2.32. The first-order valence-corrected chi connectivity index (χ1v) is 12.9. The highest BCUT2D eigenvalue weighted by molar-refractivity contribution is 7.93. The highest BCUT2D eigenvalue weighted by Gasteiger charge is 2.31. The third-order valence-electron chi connectivity index (χ3n) is 5.99. The van der Waals surface area contributed by atoms with Gasteiger partial charge in [-0.05, 0) is 79.3 Å². The van der Waals surface area contributed by atoms with Crippen LogP contribution in [0.1, 0.15) is 35.6 Å². The van der Waals surface area contributed by atoms with Gasteiger partial charge in [-0.2, -0.15) is 0 Å². The summed E-state index contributed by atoms with van der Waals surface area (Å²) in [5, 5.41) is 3.52. The van der Waals surface area contributed by atoms with Gasteiger partial charge in [0.15, 0.2) is 0 Å². The lowest BCUT2D eigenvalue weighted by molar-refractivity contribution is -0.120. The quantitative estimate of drug-likeness (QED) is 0.494. The number of hydrogen-bond acceptors (Lipinski definition) is 4. The third-order valence-corrected chi connectivity index (χ3v) is 8.04. The summed E-state index contributed by atoms with van der Waals surface area (Å²) >= 11 is 6.03. The molecule has 0 spiro atoms. The zero-order chi connectivity index (χ0) is 24.3. The maximum atomic E-state index is 13.8. The molecule has 0 bridgehead atoms. The molecule has 0 aromatic heterocycles. The number of anilines is 1. The number of nitrogens with zero attached hydrogens (tertiary/aromatic N) is 1. The molecule has 0 aliphatic heterocycles. The molecule has 3 aromatic carbocycles. The van der Waals surface area contributed by atoms with Gasteiger partial charge in [0.05, 0.1) is 18.8 Å². The average Bonchev–Trinajstić information content (AvgIpc) is 2.83. The molecule has 8 heteroatoms. The largest absolute Gasteiger partial charge is 0.495 e. The lowest BCUT2D eigenvalue weighted by Crippen LogP contribution is -2.42. The number of benzene rings is 3. The van der Waals surface area contributed by atoms with Gasteiger partial charge in [-0.1, -0.05) is 41.9 Å². The number of sulfonamides is 1. The van der Waals surface area contributed by atoms with Crippen molar-refractivity contribution in [3.63, 3.8) is 0 Å². The van der Waals surface area contributed by atoms with Crippen LogP contribution in [0.25, 0.3) is 0 Å². The molecule has 1 aliphatic carbocycles. The van der Waals surface area contributed by atoms with E-state index in [0.29, 0.717) is 10.7 Å². The lowest BCUT2D eigenvalue weighted by Gasteiger charge is -2.29. The smallest absolute Gasteiger partial charge is 0.268 e. The van der Waals surface area contributed by atoms with Gasteiger partial charge in [-0.25, -0.2) is 8.42 Å². The Bertz CT molecular complexity index is 1290. The summed E-state index contributed by atoms with van der Waals surface area (Å²) in [7, 11) is -2.70. The summed E-state index contributed by atoms with van der Waals surface area (Å²) < 4.78 is 34.0. The van der Waals surface area contributed by atoms with Gasteiger partial charge in [0.25, 0.3) is 10.0 Å². The van der Waals surface area contributed by atoms with Crippen molar-refractivity contribution >= 4 is 33.2 Å². The molecular formula is C26H27ClN2O4S. The summed E-state index contributed by atoms with van der Waals surface area (Å²) in [6.07, 6.45) is 2.74. The molecule has 0 saturated heterocycles. The van der Waals surface area contributed by atoms with Crippen molar-refractivity contribution in [3.05, 3.63) is 88.4 Å². The summed E-state index contributed by atoms with van der Waals surface area (Å²) in [5.41, 5.74) is 3.40. The van der Waals surface area contributed by atoms with Gasteiger partial charge in [0.1, 0.15) is 17.2 Å². The minimum Gasteiger partial charge on any atom is -0.495 e. The predicted molar refractivity (Wildman–Crippen MR) is 134 cm³/mol. The summed E-state index contributed by atoms with van der Waals surface area (Å²) in [6, 6.07) is 19.2. The van der Waals surface area contributed by atoms with Gasteiger partial charge in [0.2, 0.25) is 5.91 Å². The van der Waals surface area contributed by atoms with Crippen LogP contribution in [-0.2, 0) is 21.2 Å². The van der Waals surface area contributed by atoms with Crippen LogP contribution >= 0.6 is 11.6 Å². The third kappa shape index (κ3) is 5.05. The van der Waals surface area contributed by atoms with Gasteiger partial charge < -0.3 is 10.1 Å². The second kappa shape index (κ2) is 10.1. The zero-order valence-electron chi connectivity index (χ0n) is 19.1. The Morgan fingerprint density at radius 1 is 1.12 bits per heavy atom. The summed E-state index contributed by atoms with van der Waals surface area (Å²) in [6.45, 7) is 1.43. The number of rotatable bonds is 7. The van der Waals surface area contributed by atoms with Crippen molar-refractivity contribution in [2.45, 2.75) is 37.1 Å². The van der Waals surface area contributed by atoms with E-state index in [1.54, 1.807) is 49.4 Å². The molecule has 0 fully saturated rings. The van der Waals surface area contributed by atoms with Gasteiger partial charge >= 0.3 is 0 Å². The molecule has 1 unspecified atom stereocenters. The van der Waals surface area contributed by atoms with Crippen molar-refractivity contribution in [1.29, 1.82) is 0 Å². The molecule has 6 nitrogen and oxygen atoms in total. The molecule has 0 heterocycles. The fourth-order valence-corrected chi connectivity index (χ4v) is 6.09. The number of fused-ring (bicyclic) bond motifs is 1. The number of methoxy groups -OCH3 is 1. The zero-order valence-corrected chi connectivity index (χ0v) is 20.7. The fraction of sp³-hybridized carbons (Fsp3) is 0.269.